The summed E-state index contributed by atoms with van der Waals surface area (Å²) in [6, 6.07) is 0. The quantitative estimate of drug-likeness (QED) is 0.223. The van der Waals surface area contributed by atoms with Gasteiger partial charge in [0.25, 0.3) is 0 Å². The first-order valence-corrected chi connectivity index (χ1v) is 5.94. The summed E-state index contributed by atoms with van der Waals surface area (Å²) >= 11 is 3.82. The van der Waals surface area contributed by atoms with Gasteiger partial charge in [-0.3, -0.25) is 4.79 Å². The van der Waals surface area contributed by atoms with Crippen LogP contribution in [0.1, 0.15) is 13.3 Å². The van der Waals surface area contributed by atoms with Crippen LogP contribution in [0.15, 0.2) is 0 Å². The third-order valence-corrected chi connectivity index (χ3v) is 2.05. The molecule has 0 heterocycles. The van der Waals surface area contributed by atoms with Gasteiger partial charge in [0.1, 0.15) is 6.10 Å². The maximum absolute atomic E-state index is 10.9. The Morgan fingerprint density at radius 2 is 1.94 bits per heavy atom. The Bertz CT molecular complexity index is 182. The number of aliphatic hydroxyl groups excluding tert-OH is 1. The van der Waals surface area contributed by atoms with E-state index in [1.165, 1.54) is 0 Å². The number of aliphatic hydroxyl groups is 1. The van der Waals surface area contributed by atoms with Gasteiger partial charge in [-0.1, -0.05) is 6.92 Å². The number of hydrogen-bond donors (Lipinski definition) is 2. The molecule has 0 aliphatic heterocycles. The summed E-state index contributed by atoms with van der Waals surface area (Å²) < 4.78 is 15.3. The van der Waals surface area contributed by atoms with E-state index in [9.17, 15) is 4.79 Å². The second-order valence-electron chi connectivity index (χ2n) is 3.09. The molecule has 0 bridgehead atoms. The molecule has 104 valence electrons. The summed E-state index contributed by atoms with van der Waals surface area (Å²) in [5, 5.41) is 8.44. The molecule has 0 radical (unpaired) electrons. The number of rotatable bonds is 10. The van der Waals surface area contributed by atoms with Crippen molar-refractivity contribution in [3.63, 3.8) is 0 Å². The molecule has 0 aliphatic rings. The molecule has 1 atom stereocenters. The molecule has 1 N–H and O–H groups in total. The van der Waals surface area contributed by atoms with Crippen molar-refractivity contribution < 1.29 is 24.1 Å². The monoisotopic (exact) mass is 376 g/mol. The van der Waals surface area contributed by atoms with Gasteiger partial charge in [0, 0.05) is 0 Å². The van der Waals surface area contributed by atoms with Crippen LogP contribution in [0.5, 0.6) is 0 Å². The van der Waals surface area contributed by atoms with Crippen molar-refractivity contribution in [2.75, 3.05) is 38.8 Å². The Balaban J connectivity index is 0. The molecule has 0 amide bonds. The van der Waals surface area contributed by atoms with Crippen LogP contribution >= 0.6 is 12.6 Å². The van der Waals surface area contributed by atoms with Gasteiger partial charge in [0.05, 0.1) is 38.8 Å². The third-order valence-electron chi connectivity index (χ3n) is 1.79. The molecule has 0 saturated heterocycles. The summed E-state index contributed by atoms with van der Waals surface area (Å²) in [6.07, 6.45) is 0.481. The van der Waals surface area contributed by atoms with Crippen molar-refractivity contribution in [3.8, 4) is 0 Å². The van der Waals surface area contributed by atoms with E-state index in [-0.39, 0.29) is 48.9 Å². The van der Waals surface area contributed by atoms with Crippen molar-refractivity contribution in [3.05, 3.63) is 0 Å². The predicted octanol–water partition coefficient (Wildman–Crippen LogP) is -0.920. The van der Waals surface area contributed by atoms with Gasteiger partial charge in [-0.2, -0.15) is 12.6 Å². The van der Waals surface area contributed by atoms with E-state index in [1.807, 2.05) is 6.92 Å². The van der Waals surface area contributed by atoms with Crippen LogP contribution in [0.25, 0.3) is 0 Å². The van der Waals surface area contributed by atoms with Crippen LogP contribution < -0.4 is 0 Å². The minimum atomic E-state index is -0.338. The number of thiol groups is 1. The Morgan fingerprint density at radius 3 is 2.47 bits per heavy atom. The second-order valence-corrected chi connectivity index (χ2v) is 3.41. The number of esters is 1. The molecule has 1 unspecified atom stereocenters. The topological polar surface area (TPSA) is 65.0 Å². The number of ether oxygens (including phenoxy) is 3. The van der Waals surface area contributed by atoms with Crippen LogP contribution in [-0.4, -0.2) is 80.4 Å². The van der Waals surface area contributed by atoms with Crippen LogP contribution in [-0.2, 0) is 19.0 Å². The van der Waals surface area contributed by atoms with E-state index in [4.69, 9.17) is 19.3 Å². The van der Waals surface area contributed by atoms with Gasteiger partial charge in [0.2, 0.25) is 0 Å². The summed E-state index contributed by atoms with van der Waals surface area (Å²) in [5.74, 6) is -0.258. The first-order chi connectivity index (χ1) is 7.74. The van der Waals surface area contributed by atoms with Crippen molar-refractivity contribution in [2.24, 2.45) is 0 Å². The van der Waals surface area contributed by atoms with Crippen molar-refractivity contribution in [2.45, 2.75) is 19.4 Å². The molecule has 0 spiro atoms. The Hall–Kier alpha value is 0.518. The number of carbonyl (C=O) groups is 1. The van der Waals surface area contributed by atoms with Crippen LogP contribution in [0.4, 0.5) is 0 Å². The van der Waals surface area contributed by atoms with Gasteiger partial charge in [0.15, 0.2) is 0 Å². The molecule has 0 saturated carbocycles. The molecule has 5 nitrogen and oxygen atoms in total. The van der Waals surface area contributed by atoms with Gasteiger partial charge in [-0.25, -0.2) is 0 Å². The molecular formula is C10H23O5SSb. The molecule has 0 aromatic carbocycles. The summed E-state index contributed by atoms with van der Waals surface area (Å²) in [6.45, 7) is 3.46. The zero-order valence-electron chi connectivity index (χ0n) is 10.3. The molecule has 0 aromatic heterocycles. The zero-order chi connectivity index (χ0) is 12.2. The second kappa shape index (κ2) is 14.6. The van der Waals surface area contributed by atoms with E-state index in [0.29, 0.717) is 32.8 Å². The molecule has 17 heavy (non-hydrogen) atoms. The van der Waals surface area contributed by atoms with E-state index in [2.05, 4.69) is 12.6 Å². The normalized spacial score (nSPS) is 11.7. The van der Waals surface area contributed by atoms with Gasteiger partial charge < -0.3 is 19.3 Å². The minimum absolute atomic E-state index is 0. The fourth-order valence-corrected chi connectivity index (χ4v) is 1.03. The Kier molecular flexibility index (Phi) is 17.0. The fourth-order valence-electron chi connectivity index (χ4n) is 0.958. The summed E-state index contributed by atoms with van der Waals surface area (Å²) in [7, 11) is 0. The van der Waals surface area contributed by atoms with E-state index in [1.54, 1.807) is 0 Å². The van der Waals surface area contributed by atoms with E-state index < -0.39 is 0 Å². The summed E-state index contributed by atoms with van der Waals surface area (Å²) in [4.78, 5) is 10.9. The first-order valence-electron chi connectivity index (χ1n) is 5.31. The first kappa shape index (κ1) is 19.8. The summed E-state index contributed by atoms with van der Waals surface area (Å²) in [5.41, 5.74) is 0. The zero-order valence-corrected chi connectivity index (χ0v) is 15.2. The Morgan fingerprint density at radius 1 is 1.29 bits per heavy atom. The van der Waals surface area contributed by atoms with Crippen LogP contribution in [0.3, 0.4) is 0 Å². The van der Waals surface area contributed by atoms with Crippen molar-refractivity contribution in [1.29, 1.82) is 0 Å². The fraction of sp³-hybridized carbons (Fsp3) is 0.900. The molecule has 0 fully saturated rings. The standard InChI is InChI=1S/C10H20O5S.Sb.3H/c1-2-9(15-10(12)8-16)7-14-6-5-13-4-3-11;;;;/h9,11,16H,2-8H2,1H3;;;;. The average Bonchev–Trinajstić information content (AvgIpc) is 2.31. The maximum atomic E-state index is 10.9. The average molecular weight is 377 g/mol. The van der Waals surface area contributed by atoms with Gasteiger partial charge >= 0.3 is 30.4 Å². The number of carbonyl (C=O) groups excluding carboxylic acids is 1. The third kappa shape index (κ3) is 12.8. The molecular weight excluding hydrogens is 354 g/mol. The van der Waals surface area contributed by atoms with Gasteiger partial charge in [-0.15, -0.1) is 0 Å². The van der Waals surface area contributed by atoms with E-state index >= 15 is 0 Å². The Labute approximate surface area is 125 Å². The van der Waals surface area contributed by atoms with Crippen LogP contribution in [0, 0.1) is 0 Å². The van der Waals surface area contributed by atoms with Crippen LogP contribution in [0.2, 0.25) is 0 Å². The van der Waals surface area contributed by atoms with Crippen molar-refractivity contribution >= 4 is 43.0 Å². The number of hydrogen-bond acceptors (Lipinski definition) is 6. The molecule has 0 aliphatic carbocycles. The molecule has 7 heteroatoms. The van der Waals surface area contributed by atoms with E-state index in [0.717, 1.165) is 0 Å². The SMILES string of the molecule is CCC(COCCOCCO)OC(=O)CS.[SbH3]. The molecule has 0 aromatic rings. The van der Waals surface area contributed by atoms with Gasteiger partial charge in [-0.05, 0) is 6.42 Å². The van der Waals surface area contributed by atoms with Crippen molar-refractivity contribution in [1.82, 2.24) is 0 Å². The predicted molar refractivity (Wildman–Crippen MR) is 72.7 cm³/mol. The molecule has 0 rings (SSSR count).